The first-order chi connectivity index (χ1) is 11.4. The van der Waals surface area contributed by atoms with Gasteiger partial charge in [-0.3, -0.25) is 4.79 Å². The van der Waals surface area contributed by atoms with Gasteiger partial charge in [0.2, 0.25) is 5.91 Å². The van der Waals surface area contributed by atoms with Gasteiger partial charge in [0.25, 0.3) is 0 Å². The van der Waals surface area contributed by atoms with Gasteiger partial charge in [-0.1, -0.05) is 18.2 Å². The molecular formula is C17H21F3N2O2. The van der Waals surface area contributed by atoms with Gasteiger partial charge in [-0.25, -0.2) is 0 Å². The maximum atomic E-state index is 13.2. The molecule has 1 aliphatic heterocycles. The topological polar surface area (TPSA) is 41.6 Å². The summed E-state index contributed by atoms with van der Waals surface area (Å²) in [7, 11) is 1.54. The van der Waals surface area contributed by atoms with E-state index >= 15 is 0 Å². The average Bonchev–Trinajstić information content (AvgIpc) is 3.25. The number of rotatable bonds is 5. The second-order valence-electron chi connectivity index (χ2n) is 6.42. The Balaban J connectivity index is 1.79. The Bertz CT molecular complexity index is 602. The summed E-state index contributed by atoms with van der Waals surface area (Å²) in [6.45, 7) is 0.180. The minimum absolute atomic E-state index is 0.0388. The lowest BCUT2D eigenvalue weighted by molar-refractivity contribution is -0.185. The van der Waals surface area contributed by atoms with Crippen LogP contribution >= 0.6 is 0 Å². The Kier molecular flexibility index (Phi) is 4.71. The first-order valence-electron chi connectivity index (χ1n) is 8.11. The second-order valence-corrected chi connectivity index (χ2v) is 6.42. The summed E-state index contributed by atoms with van der Waals surface area (Å²) in [5.41, 5.74) is 0.815. The molecule has 7 heteroatoms. The number of alkyl halides is 3. The number of ether oxygens (including phenoxy) is 1. The molecule has 0 spiro atoms. The summed E-state index contributed by atoms with van der Waals surface area (Å²) in [6, 6.07) is 7.34. The zero-order chi connectivity index (χ0) is 17.3. The lowest BCUT2D eigenvalue weighted by Gasteiger charge is -2.29. The smallest absolute Gasteiger partial charge is 0.393 e. The van der Waals surface area contributed by atoms with Crippen molar-refractivity contribution in [2.75, 3.05) is 20.2 Å². The molecule has 1 aromatic rings. The summed E-state index contributed by atoms with van der Waals surface area (Å²) in [4.78, 5) is 14.4. The first-order valence-corrected chi connectivity index (χ1v) is 8.11. The van der Waals surface area contributed by atoms with Gasteiger partial charge in [-0.05, 0) is 18.9 Å². The number of carbonyl (C=O) groups excluding carboxylic acids is 1. The van der Waals surface area contributed by atoms with Gasteiger partial charge in [0.1, 0.15) is 5.75 Å². The van der Waals surface area contributed by atoms with Crippen LogP contribution in [0.3, 0.4) is 0 Å². The van der Waals surface area contributed by atoms with Crippen LogP contribution in [0.4, 0.5) is 13.2 Å². The van der Waals surface area contributed by atoms with Crippen molar-refractivity contribution in [1.82, 2.24) is 10.2 Å². The van der Waals surface area contributed by atoms with E-state index in [0.29, 0.717) is 5.75 Å². The highest BCUT2D eigenvalue weighted by atomic mass is 19.4. The second kappa shape index (κ2) is 6.63. The predicted octanol–water partition coefficient (Wildman–Crippen LogP) is 2.58. The maximum Gasteiger partial charge on any atom is 0.393 e. The van der Waals surface area contributed by atoms with Crippen molar-refractivity contribution in [3.8, 4) is 5.75 Å². The molecule has 1 N–H and O–H groups in total. The highest BCUT2D eigenvalue weighted by Crippen LogP contribution is 2.38. The third kappa shape index (κ3) is 3.50. The number of hydrogen-bond acceptors (Lipinski definition) is 3. The van der Waals surface area contributed by atoms with Crippen molar-refractivity contribution in [2.45, 2.75) is 31.6 Å². The Hall–Kier alpha value is -1.76. The molecule has 0 unspecified atom stereocenters. The molecular weight excluding hydrogens is 321 g/mol. The summed E-state index contributed by atoms with van der Waals surface area (Å²) < 4.78 is 44.8. The summed E-state index contributed by atoms with van der Waals surface area (Å²) >= 11 is 0. The van der Waals surface area contributed by atoms with Crippen LogP contribution in [0.15, 0.2) is 24.3 Å². The number of benzene rings is 1. The summed E-state index contributed by atoms with van der Waals surface area (Å²) in [5.74, 6) is -2.41. The number of carbonyl (C=O) groups is 1. The number of nitrogens with one attached hydrogen (secondary N) is 1. The molecule has 132 valence electrons. The van der Waals surface area contributed by atoms with Crippen LogP contribution in [0.1, 0.15) is 18.4 Å². The van der Waals surface area contributed by atoms with Gasteiger partial charge in [0.05, 0.1) is 18.9 Å². The van der Waals surface area contributed by atoms with Gasteiger partial charge in [-0.15, -0.1) is 0 Å². The molecule has 1 heterocycles. The van der Waals surface area contributed by atoms with E-state index < -0.39 is 23.9 Å². The van der Waals surface area contributed by atoms with Crippen molar-refractivity contribution in [3.05, 3.63) is 29.8 Å². The van der Waals surface area contributed by atoms with E-state index in [2.05, 4.69) is 5.32 Å². The normalized spacial score (nSPS) is 24.0. The van der Waals surface area contributed by atoms with Gasteiger partial charge in [-0.2, -0.15) is 13.2 Å². The summed E-state index contributed by atoms with van der Waals surface area (Å²) in [6.07, 6.45) is -2.67. The van der Waals surface area contributed by atoms with E-state index in [1.54, 1.807) is 18.1 Å². The largest absolute Gasteiger partial charge is 0.496 e. The molecule has 2 aliphatic rings. The monoisotopic (exact) mass is 342 g/mol. The summed E-state index contributed by atoms with van der Waals surface area (Å²) in [5, 5.41) is 2.72. The predicted molar refractivity (Wildman–Crippen MR) is 82.5 cm³/mol. The maximum absolute atomic E-state index is 13.2. The van der Waals surface area contributed by atoms with Crippen molar-refractivity contribution in [1.29, 1.82) is 0 Å². The van der Waals surface area contributed by atoms with E-state index in [-0.39, 0.29) is 25.7 Å². The Morgan fingerprint density at radius 2 is 2.00 bits per heavy atom. The number of para-hydroxylation sites is 1. The van der Waals surface area contributed by atoms with Crippen molar-refractivity contribution >= 4 is 5.91 Å². The van der Waals surface area contributed by atoms with E-state index in [1.165, 1.54) is 0 Å². The molecule has 1 amide bonds. The molecule has 0 aromatic heterocycles. The van der Waals surface area contributed by atoms with Crippen LogP contribution in [0.25, 0.3) is 0 Å². The fourth-order valence-corrected chi connectivity index (χ4v) is 3.29. The number of halogens is 3. The Labute approximate surface area is 139 Å². The highest BCUT2D eigenvalue weighted by molar-refractivity contribution is 5.80. The lowest BCUT2D eigenvalue weighted by atomic mass is 9.93. The van der Waals surface area contributed by atoms with Crippen LogP contribution in [-0.2, 0) is 11.3 Å². The molecule has 2 fully saturated rings. The zero-order valence-corrected chi connectivity index (χ0v) is 13.5. The van der Waals surface area contributed by atoms with E-state index in [1.807, 2.05) is 18.2 Å². The van der Waals surface area contributed by atoms with Crippen LogP contribution in [0, 0.1) is 11.8 Å². The van der Waals surface area contributed by atoms with Crippen LogP contribution in [-0.4, -0.2) is 43.2 Å². The van der Waals surface area contributed by atoms with Gasteiger partial charge in [0.15, 0.2) is 0 Å². The van der Waals surface area contributed by atoms with E-state index in [0.717, 1.165) is 18.4 Å². The molecule has 3 rings (SSSR count). The van der Waals surface area contributed by atoms with Crippen molar-refractivity contribution in [2.24, 2.45) is 11.8 Å². The van der Waals surface area contributed by atoms with E-state index in [9.17, 15) is 18.0 Å². The molecule has 4 nitrogen and oxygen atoms in total. The molecule has 0 bridgehead atoms. The number of methoxy groups -OCH3 is 1. The van der Waals surface area contributed by atoms with Crippen LogP contribution in [0.5, 0.6) is 5.75 Å². The highest BCUT2D eigenvalue weighted by Gasteiger charge is 2.51. The number of hydrogen-bond donors (Lipinski definition) is 1. The zero-order valence-electron chi connectivity index (χ0n) is 13.5. The molecule has 24 heavy (non-hydrogen) atoms. The standard InChI is InChI=1S/C17H21F3N2O2/c1-24-15-5-3-2-4-11(15)10-22(12-6-7-12)16(23)13-8-21-9-14(13)17(18,19)20/h2-5,12-14,21H,6-10H2,1H3/t13-,14-/m1/s1. The first kappa shape index (κ1) is 17.1. The fraction of sp³-hybridized carbons (Fsp3) is 0.588. The van der Waals surface area contributed by atoms with Gasteiger partial charge >= 0.3 is 6.18 Å². The third-order valence-electron chi connectivity index (χ3n) is 4.76. The third-order valence-corrected chi connectivity index (χ3v) is 4.76. The molecule has 1 saturated heterocycles. The quantitative estimate of drug-likeness (QED) is 0.894. The molecule has 1 aliphatic carbocycles. The van der Waals surface area contributed by atoms with Crippen molar-refractivity contribution < 1.29 is 22.7 Å². The number of amides is 1. The fourth-order valence-electron chi connectivity index (χ4n) is 3.29. The van der Waals surface area contributed by atoms with Gasteiger partial charge in [0, 0.05) is 31.2 Å². The Morgan fingerprint density at radius 1 is 1.29 bits per heavy atom. The van der Waals surface area contributed by atoms with E-state index in [4.69, 9.17) is 4.74 Å². The van der Waals surface area contributed by atoms with Crippen LogP contribution < -0.4 is 10.1 Å². The van der Waals surface area contributed by atoms with Crippen molar-refractivity contribution in [3.63, 3.8) is 0 Å². The van der Waals surface area contributed by atoms with Crippen LogP contribution in [0.2, 0.25) is 0 Å². The lowest BCUT2D eigenvalue weighted by Crippen LogP contribution is -2.43. The Morgan fingerprint density at radius 3 is 2.62 bits per heavy atom. The minimum atomic E-state index is -4.36. The number of nitrogens with zero attached hydrogens (tertiary/aromatic N) is 1. The SMILES string of the molecule is COc1ccccc1CN(C(=O)[C@@H]1CNC[C@H]1C(F)(F)F)C1CC1. The molecule has 1 aromatic carbocycles. The average molecular weight is 342 g/mol. The minimum Gasteiger partial charge on any atom is -0.496 e. The van der Waals surface area contributed by atoms with Gasteiger partial charge < -0.3 is 15.0 Å². The molecule has 2 atom stereocenters. The molecule has 0 radical (unpaired) electrons. The molecule has 1 saturated carbocycles.